The minimum Gasteiger partial charge on any atom is -0.465 e. The van der Waals surface area contributed by atoms with Crippen LogP contribution in [0.15, 0.2) is 4.79 Å². The zero-order chi connectivity index (χ0) is 21.1. The summed E-state index contributed by atoms with van der Waals surface area (Å²) >= 11 is 0. The molecule has 1 aromatic rings. The highest BCUT2D eigenvalue weighted by molar-refractivity contribution is 5.77. The molecule has 2 aliphatic carbocycles. The van der Waals surface area contributed by atoms with Gasteiger partial charge in [0, 0.05) is 13.1 Å². The molecule has 9 heteroatoms. The van der Waals surface area contributed by atoms with Crippen LogP contribution in [0.3, 0.4) is 0 Å². The number of aromatic amines is 1. The van der Waals surface area contributed by atoms with Gasteiger partial charge in [0.25, 0.3) is 11.8 Å². The molecule has 3 aliphatic rings. The summed E-state index contributed by atoms with van der Waals surface area (Å²) in [6.45, 7) is 3.45. The van der Waals surface area contributed by atoms with E-state index < -0.39 is 17.4 Å². The monoisotopic (exact) mass is 422 g/mol. The number of anilines is 1. The van der Waals surface area contributed by atoms with Gasteiger partial charge in [0.05, 0.1) is 19.3 Å². The Labute approximate surface area is 175 Å². The number of rotatable bonds is 6. The van der Waals surface area contributed by atoms with Crippen molar-refractivity contribution in [3.63, 3.8) is 0 Å². The number of carbonyl (C=O) groups is 1. The molecule has 2 heterocycles. The van der Waals surface area contributed by atoms with E-state index in [4.69, 9.17) is 9.47 Å². The van der Waals surface area contributed by atoms with Crippen LogP contribution in [-0.2, 0) is 9.53 Å². The second-order valence-electron chi connectivity index (χ2n) is 8.96. The summed E-state index contributed by atoms with van der Waals surface area (Å²) in [7, 11) is 0. The third-order valence-corrected chi connectivity index (χ3v) is 6.63. The van der Waals surface area contributed by atoms with Crippen molar-refractivity contribution in [2.24, 2.45) is 17.8 Å². The van der Waals surface area contributed by atoms with Crippen LogP contribution >= 0.6 is 0 Å². The zero-order valence-corrected chi connectivity index (χ0v) is 17.5. The van der Waals surface area contributed by atoms with E-state index in [9.17, 15) is 14.0 Å². The average Bonchev–Trinajstić information content (AvgIpc) is 2.73. The van der Waals surface area contributed by atoms with Crippen LogP contribution in [-0.4, -0.2) is 54.8 Å². The van der Waals surface area contributed by atoms with Crippen LogP contribution < -0.4 is 20.6 Å². The molecule has 30 heavy (non-hydrogen) atoms. The predicted molar refractivity (Wildman–Crippen MR) is 109 cm³/mol. The van der Waals surface area contributed by atoms with Gasteiger partial charge in [0.2, 0.25) is 5.82 Å². The third kappa shape index (κ3) is 4.94. The molecule has 0 radical (unpaired) electrons. The summed E-state index contributed by atoms with van der Waals surface area (Å²) in [5.74, 6) is 0.577. The normalized spacial score (nSPS) is 28.8. The summed E-state index contributed by atoms with van der Waals surface area (Å²) < 4.78 is 25.5. The van der Waals surface area contributed by atoms with Gasteiger partial charge in [-0.05, 0) is 43.9 Å². The van der Waals surface area contributed by atoms with E-state index in [1.165, 1.54) is 38.5 Å². The molecule has 4 rings (SSSR count). The SMILES string of the molecule is CC1COCCN1c1[nH]c(=O)nc(OCC(=O)NCC2CC3CCCC(C3)C2)c1F. The first-order valence-electron chi connectivity index (χ1n) is 11.0. The van der Waals surface area contributed by atoms with Crippen molar-refractivity contribution in [2.75, 3.05) is 37.8 Å². The molecular weight excluding hydrogens is 391 g/mol. The van der Waals surface area contributed by atoms with Gasteiger partial charge in [-0.25, -0.2) is 4.79 Å². The van der Waals surface area contributed by atoms with Crippen molar-refractivity contribution in [3.05, 3.63) is 16.3 Å². The number of carbonyl (C=O) groups excluding carboxylic acids is 1. The van der Waals surface area contributed by atoms with E-state index in [0.717, 1.165) is 11.8 Å². The quantitative estimate of drug-likeness (QED) is 0.726. The van der Waals surface area contributed by atoms with Crippen molar-refractivity contribution in [1.82, 2.24) is 15.3 Å². The molecule has 8 nitrogen and oxygen atoms in total. The molecule has 2 bridgehead atoms. The lowest BCUT2D eigenvalue weighted by atomic mass is 9.68. The minimum absolute atomic E-state index is 0.0231. The van der Waals surface area contributed by atoms with E-state index in [0.29, 0.717) is 32.2 Å². The summed E-state index contributed by atoms with van der Waals surface area (Å²) in [6, 6.07) is -0.0996. The maximum Gasteiger partial charge on any atom is 0.349 e. The van der Waals surface area contributed by atoms with Crippen LogP contribution in [0.2, 0.25) is 0 Å². The molecule has 3 unspecified atom stereocenters. The Morgan fingerprint density at radius 3 is 2.83 bits per heavy atom. The van der Waals surface area contributed by atoms with Crippen LogP contribution in [0.25, 0.3) is 0 Å². The summed E-state index contributed by atoms with van der Waals surface area (Å²) in [6.07, 6.45) is 7.63. The number of nitrogens with one attached hydrogen (secondary N) is 2. The molecule has 1 amide bonds. The molecule has 166 valence electrons. The number of hydrogen-bond donors (Lipinski definition) is 2. The smallest absolute Gasteiger partial charge is 0.349 e. The van der Waals surface area contributed by atoms with Crippen molar-refractivity contribution >= 4 is 11.7 Å². The summed E-state index contributed by atoms with van der Waals surface area (Å²) in [5, 5.41) is 2.90. The van der Waals surface area contributed by atoms with Crippen molar-refractivity contribution in [1.29, 1.82) is 0 Å². The Kier molecular flexibility index (Phi) is 6.55. The number of fused-ring (bicyclic) bond motifs is 2. The molecule has 0 spiro atoms. The highest BCUT2D eigenvalue weighted by atomic mass is 19.1. The molecule has 1 aromatic heterocycles. The minimum atomic E-state index is -0.767. The predicted octanol–water partition coefficient (Wildman–Crippen LogP) is 1.85. The van der Waals surface area contributed by atoms with Crippen molar-refractivity contribution < 1.29 is 18.7 Å². The van der Waals surface area contributed by atoms with Gasteiger partial charge in [0.15, 0.2) is 12.4 Å². The standard InChI is InChI=1S/C21H31FN4O4/c1-13-11-29-6-5-26(13)19-18(22)20(25-21(28)24-19)30-12-17(27)23-10-16-8-14-3-2-4-15(7-14)9-16/h13-16H,2-12H2,1H3,(H,23,27)(H,24,25,28). The van der Waals surface area contributed by atoms with Gasteiger partial charge in [0.1, 0.15) is 0 Å². The van der Waals surface area contributed by atoms with Gasteiger partial charge in [-0.1, -0.05) is 19.3 Å². The molecule has 2 saturated carbocycles. The second-order valence-corrected chi connectivity index (χ2v) is 8.96. The van der Waals surface area contributed by atoms with Crippen LogP contribution in [0.5, 0.6) is 5.88 Å². The fourth-order valence-corrected chi connectivity index (χ4v) is 5.26. The van der Waals surface area contributed by atoms with E-state index in [-0.39, 0.29) is 24.4 Å². The highest BCUT2D eigenvalue weighted by Crippen LogP contribution is 2.42. The lowest BCUT2D eigenvalue weighted by Gasteiger charge is -2.39. The number of aromatic nitrogens is 2. The lowest BCUT2D eigenvalue weighted by Crippen LogP contribution is -2.45. The fraction of sp³-hybridized carbons (Fsp3) is 0.762. The van der Waals surface area contributed by atoms with Gasteiger partial charge < -0.3 is 19.7 Å². The molecule has 1 aliphatic heterocycles. The Hall–Kier alpha value is -2.16. The topological polar surface area (TPSA) is 96.6 Å². The zero-order valence-electron chi connectivity index (χ0n) is 17.5. The number of H-pyrrole nitrogens is 1. The molecular formula is C21H31FN4O4. The Balaban J connectivity index is 1.32. The van der Waals surface area contributed by atoms with Crippen LogP contribution in [0.1, 0.15) is 45.4 Å². The highest BCUT2D eigenvalue weighted by Gasteiger charge is 2.32. The van der Waals surface area contributed by atoms with Crippen LogP contribution in [0.4, 0.5) is 10.2 Å². The molecule has 1 saturated heterocycles. The molecule has 2 N–H and O–H groups in total. The fourth-order valence-electron chi connectivity index (χ4n) is 5.26. The molecule has 3 atom stereocenters. The number of ether oxygens (including phenoxy) is 2. The molecule has 0 aromatic carbocycles. The number of hydrogen-bond acceptors (Lipinski definition) is 6. The lowest BCUT2D eigenvalue weighted by molar-refractivity contribution is -0.123. The van der Waals surface area contributed by atoms with Crippen LogP contribution in [0, 0.1) is 23.6 Å². The second kappa shape index (κ2) is 9.32. The largest absolute Gasteiger partial charge is 0.465 e. The first-order chi connectivity index (χ1) is 14.5. The third-order valence-electron chi connectivity index (χ3n) is 6.63. The maximum atomic E-state index is 14.9. The Morgan fingerprint density at radius 2 is 2.10 bits per heavy atom. The van der Waals surface area contributed by atoms with E-state index >= 15 is 0 Å². The van der Waals surface area contributed by atoms with Crippen molar-refractivity contribution in [3.8, 4) is 5.88 Å². The number of morpholine rings is 1. The first-order valence-corrected chi connectivity index (χ1v) is 11.0. The van der Waals surface area contributed by atoms with E-state index in [2.05, 4.69) is 15.3 Å². The number of amides is 1. The molecule has 3 fully saturated rings. The first kappa shape index (κ1) is 21.1. The summed E-state index contributed by atoms with van der Waals surface area (Å²) in [5.41, 5.74) is -0.714. The Morgan fingerprint density at radius 1 is 1.33 bits per heavy atom. The van der Waals surface area contributed by atoms with E-state index in [1.54, 1.807) is 4.90 Å². The van der Waals surface area contributed by atoms with Gasteiger partial charge >= 0.3 is 5.69 Å². The Bertz CT molecular complexity index is 805. The van der Waals surface area contributed by atoms with E-state index in [1.807, 2.05) is 6.92 Å². The van der Waals surface area contributed by atoms with Gasteiger partial charge in [-0.15, -0.1) is 0 Å². The number of nitrogens with zero attached hydrogens (tertiary/aromatic N) is 2. The van der Waals surface area contributed by atoms with Gasteiger partial charge in [-0.3, -0.25) is 9.78 Å². The maximum absolute atomic E-state index is 14.9. The average molecular weight is 423 g/mol. The number of halogens is 1. The summed E-state index contributed by atoms with van der Waals surface area (Å²) in [4.78, 5) is 31.9. The van der Waals surface area contributed by atoms with Gasteiger partial charge in [-0.2, -0.15) is 9.37 Å². The van der Waals surface area contributed by atoms with Crippen molar-refractivity contribution in [2.45, 2.75) is 51.5 Å².